The molecule has 0 aliphatic carbocycles. The smallest absolute Gasteiger partial charge is 0.146 e. The summed E-state index contributed by atoms with van der Waals surface area (Å²) >= 11 is 0. The molecule has 0 aliphatic heterocycles. The summed E-state index contributed by atoms with van der Waals surface area (Å²) in [5.41, 5.74) is 7.77. The fraction of sp³-hybridized carbons (Fsp3) is 0.429. The maximum Gasteiger partial charge on any atom is 0.146 e. The summed E-state index contributed by atoms with van der Waals surface area (Å²) in [6.45, 7) is 14.0. The molecule has 0 atom stereocenters. The molecule has 0 bridgehead atoms. The number of rotatable bonds is 4. The lowest BCUT2D eigenvalue weighted by Crippen LogP contribution is -2.43. The van der Waals surface area contributed by atoms with Crippen LogP contribution < -0.4 is 0 Å². The van der Waals surface area contributed by atoms with E-state index >= 15 is 0 Å². The zero-order valence-corrected chi connectivity index (χ0v) is 16.2. The van der Waals surface area contributed by atoms with E-state index in [1.807, 2.05) is 18.2 Å². The third kappa shape index (κ3) is 3.62. The third-order valence-electron chi connectivity index (χ3n) is 4.95. The van der Waals surface area contributed by atoms with Gasteiger partial charge in [0.1, 0.15) is 20.1 Å². The van der Waals surface area contributed by atoms with Crippen molar-refractivity contribution in [3.8, 4) is 22.8 Å². The zero-order chi connectivity index (χ0) is 17.0. The maximum atomic E-state index is 5.71. The molecule has 1 heterocycles. The van der Waals surface area contributed by atoms with Gasteiger partial charge in [0.05, 0.1) is 5.56 Å². The average Bonchev–Trinajstić information content (AvgIpc) is 2.96. The second-order valence-electron chi connectivity index (χ2n) is 7.21. The van der Waals surface area contributed by atoms with Crippen LogP contribution in [-0.2, 0) is 0 Å². The van der Waals surface area contributed by atoms with Crippen LogP contribution in [0.4, 0.5) is 0 Å². The number of furan rings is 1. The van der Waals surface area contributed by atoms with Gasteiger partial charge in [0, 0.05) is 11.6 Å². The van der Waals surface area contributed by atoms with Crippen molar-refractivity contribution >= 4 is 8.07 Å². The molecule has 1 aromatic heterocycles. The van der Waals surface area contributed by atoms with Crippen LogP contribution in [0.3, 0.4) is 0 Å². The predicted octanol–water partition coefficient (Wildman–Crippen LogP) is 6.52. The van der Waals surface area contributed by atoms with E-state index < -0.39 is 8.07 Å². The second-order valence-corrected chi connectivity index (χ2v) is 12.8. The molecular weight excluding hydrogens is 296 g/mol. The fourth-order valence-electron chi connectivity index (χ4n) is 3.77. The first-order chi connectivity index (χ1) is 10.9. The Labute approximate surface area is 142 Å². The van der Waals surface area contributed by atoms with E-state index in [0.29, 0.717) is 16.6 Å². The molecule has 0 saturated heterocycles. The summed E-state index contributed by atoms with van der Waals surface area (Å²) in [6, 6.07) is 12.2. The molecule has 122 valence electrons. The molecule has 2 aromatic rings. The first kappa shape index (κ1) is 17.6. The van der Waals surface area contributed by atoms with Crippen molar-refractivity contribution in [2.45, 2.75) is 58.2 Å². The van der Waals surface area contributed by atoms with E-state index in [1.165, 1.54) is 0 Å². The minimum atomic E-state index is -1.68. The molecule has 1 aromatic carbocycles. The SMILES string of the molecule is CC(C)[Si](C#Cc1coc(-c2ccccc2)c1)(C(C)C)C(C)C. The Balaban J connectivity index is 2.35. The van der Waals surface area contributed by atoms with Gasteiger partial charge in [-0.05, 0) is 16.6 Å². The van der Waals surface area contributed by atoms with Gasteiger partial charge in [0.25, 0.3) is 0 Å². The van der Waals surface area contributed by atoms with Crippen LogP contribution in [0.25, 0.3) is 11.3 Å². The normalized spacial score (nSPS) is 11.9. The summed E-state index contributed by atoms with van der Waals surface area (Å²) in [5, 5.41) is 0. The Morgan fingerprint density at radius 3 is 1.96 bits per heavy atom. The largest absolute Gasteiger partial charge is 0.463 e. The number of hydrogen-bond acceptors (Lipinski definition) is 1. The van der Waals surface area contributed by atoms with Crippen molar-refractivity contribution in [2.75, 3.05) is 0 Å². The van der Waals surface area contributed by atoms with Crippen molar-refractivity contribution in [3.05, 3.63) is 48.2 Å². The lowest BCUT2D eigenvalue weighted by Gasteiger charge is -2.38. The van der Waals surface area contributed by atoms with Crippen molar-refractivity contribution in [2.24, 2.45) is 0 Å². The lowest BCUT2D eigenvalue weighted by molar-refractivity contribution is 0.581. The first-order valence-corrected chi connectivity index (χ1v) is 10.8. The highest BCUT2D eigenvalue weighted by Crippen LogP contribution is 2.40. The van der Waals surface area contributed by atoms with Gasteiger partial charge in [0.15, 0.2) is 0 Å². The van der Waals surface area contributed by atoms with E-state index in [1.54, 1.807) is 6.26 Å². The van der Waals surface area contributed by atoms with E-state index in [9.17, 15) is 0 Å². The monoisotopic (exact) mass is 324 g/mol. The Bertz CT molecular complexity index is 662. The van der Waals surface area contributed by atoms with Crippen LogP contribution in [0.15, 0.2) is 47.1 Å². The van der Waals surface area contributed by atoms with Gasteiger partial charge in [-0.25, -0.2) is 0 Å². The minimum Gasteiger partial charge on any atom is -0.463 e. The molecule has 23 heavy (non-hydrogen) atoms. The van der Waals surface area contributed by atoms with Crippen LogP contribution in [0.2, 0.25) is 16.6 Å². The van der Waals surface area contributed by atoms with Crippen LogP contribution >= 0.6 is 0 Å². The van der Waals surface area contributed by atoms with Gasteiger partial charge in [-0.15, -0.1) is 5.54 Å². The first-order valence-electron chi connectivity index (χ1n) is 8.55. The van der Waals surface area contributed by atoms with E-state index in [-0.39, 0.29) is 0 Å². The van der Waals surface area contributed by atoms with Crippen molar-refractivity contribution < 1.29 is 4.42 Å². The number of hydrogen-bond donors (Lipinski definition) is 0. The zero-order valence-electron chi connectivity index (χ0n) is 15.2. The Kier molecular flexibility index (Phi) is 5.54. The minimum absolute atomic E-state index is 0.649. The van der Waals surface area contributed by atoms with Crippen molar-refractivity contribution in [1.82, 2.24) is 0 Å². The Morgan fingerprint density at radius 1 is 0.870 bits per heavy atom. The molecular formula is C21H28OSi. The van der Waals surface area contributed by atoms with E-state index in [2.05, 4.69) is 71.2 Å². The lowest BCUT2D eigenvalue weighted by atomic mass is 10.1. The summed E-state index contributed by atoms with van der Waals surface area (Å²) in [5.74, 6) is 4.33. The Morgan fingerprint density at radius 2 is 1.43 bits per heavy atom. The third-order valence-corrected chi connectivity index (χ3v) is 11.2. The average molecular weight is 325 g/mol. The van der Waals surface area contributed by atoms with Gasteiger partial charge < -0.3 is 4.42 Å². The van der Waals surface area contributed by atoms with Crippen molar-refractivity contribution in [3.63, 3.8) is 0 Å². The predicted molar refractivity (Wildman–Crippen MR) is 102 cm³/mol. The molecule has 0 saturated carbocycles. The maximum absolute atomic E-state index is 5.71. The topological polar surface area (TPSA) is 13.1 Å². The fourth-order valence-corrected chi connectivity index (χ4v) is 9.00. The second kappa shape index (κ2) is 7.23. The van der Waals surface area contributed by atoms with Crippen LogP contribution in [-0.4, -0.2) is 8.07 Å². The summed E-state index contributed by atoms with van der Waals surface area (Å²) < 4.78 is 5.71. The van der Waals surface area contributed by atoms with Crippen LogP contribution in [0.5, 0.6) is 0 Å². The summed E-state index contributed by atoms with van der Waals surface area (Å²) in [4.78, 5) is 0. The highest BCUT2D eigenvalue weighted by atomic mass is 28.3. The van der Waals surface area contributed by atoms with E-state index in [0.717, 1.165) is 16.9 Å². The molecule has 0 spiro atoms. The molecule has 2 heteroatoms. The Hall–Kier alpha value is -1.72. The molecule has 2 rings (SSSR count). The summed E-state index contributed by atoms with van der Waals surface area (Å²) in [7, 11) is -1.68. The highest BCUT2D eigenvalue weighted by Gasteiger charge is 2.41. The number of benzene rings is 1. The molecule has 1 nitrogen and oxygen atoms in total. The van der Waals surface area contributed by atoms with Gasteiger partial charge in [-0.2, -0.15) is 0 Å². The van der Waals surface area contributed by atoms with Gasteiger partial charge in [-0.1, -0.05) is 77.8 Å². The molecule has 0 aliphatic rings. The molecule has 0 fully saturated rings. The molecule has 0 N–H and O–H groups in total. The van der Waals surface area contributed by atoms with Crippen molar-refractivity contribution in [1.29, 1.82) is 0 Å². The highest BCUT2D eigenvalue weighted by molar-refractivity contribution is 6.90. The van der Waals surface area contributed by atoms with Crippen LogP contribution in [0, 0.1) is 11.5 Å². The van der Waals surface area contributed by atoms with Gasteiger partial charge in [-0.3, -0.25) is 0 Å². The van der Waals surface area contributed by atoms with E-state index in [4.69, 9.17) is 4.42 Å². The quantitative estimate of drug-likeness (QED) is 0.461. The standard InChI is InChI=1S/C21H28OSi/c1-16(2)23(17(3)4,18(5)6)13-12-19-14-21(22-15-19)20-10-8-7-9-11-20/h7-11,14-18H,1-6H3. The van der Waals surface area contributed by atoms with Gasteiger partial charge in [0.2, 0.25) is 0 Å². The molecule has 0 unspecified atom stereocenters. The molecule has 0 radical (unpaired) electrons. The summed E-state index contributed by atoms with van der Waals surface area (Å²) in [6.07, 6.45) is 1.79. The molecule has 0 amide bonds. The van der Waals surface area contributed by atoms with Gasteiger partial charge >= 0.3 is 0 Å². The van der Waals surface area contributed by atoms with Crippen LogP contribution in [0.1, 0.15) is 47.1 Å².